The first-order chi connectivity index (χ1) is 14.5. The van der Waals surface area contributed by atoms with Gasteiger partial charge in [0.1, 0.15) is 19.0 Å². The molecular weight excluding hydrogens is 388 g/mol. The highest BCUT2D eigenvalue weighted by atomic mass is 16.6. The summed E-state index contributed by atoms with van der Waals surface area (Å²) in [5.74, 6) is 1.18. The molecule has 1 heterocycles. The van der Waals surface area contributed by atoms with Gasteiger partial charge in [0.05, 0.1) is 25.8 Å². The van der Waals surface area contributed by atoms with E-state index in [9.17, 15) is 9.59 Å². The minimum Gasteiger partial charge on any atom is -0.493 e. The van der Waals surface area contributed by atoms with E-state index in [1.54, 1.807) is 25.1 Å². The van der Waals surface area contributed by atoms with Crippen molar-refractivity contribution in [3.8, 4) is 17.2 Å². The zero-order chi connectivity index (χ0) is 21.5. The summed E-state index contributed by atoms with van der Waals surface area (Å²) < 4.78 is 21.5. The molecule has 2 N–H and O–H groups in total. The van der Waals surface area contributed by atoms with Gasteiger partial charge in [-0.2, -0.15) is 0 Å². The third-order valence-corrected chi connectivity index (χ3v) is 4.56. The van der Waals surface area contributed by atoms with Crippen molar-refractivity contribution in [1.29, 1.82) is 0 Å². The van der Waals surface area contributed by atoms with Gasteiger partial charge in [-0.1, -0.05) is 24.3 Å². The van der Waals surface area contributed by atoms with Crippen LogP contribution in [-0.4, -0.2) is 39.4 Å². The van der Waals surface area contributed by atoms with Gasteiger partial charge in [0.25, 0.3) is 0 Å². The number of rotatable bonds is 8. The van der Waals surface area contributed by atoms with Gasteiger partial charge in [-0.05, 0) is 36.8 Å². The molecule has 2 aromatic rings. The van der Waals surface area contributed by atoms with Crippen LogP contribution in [0.25, 0.3) is 0 Å². The van der Waals surface area contributed by atoms with E-state index < -0.39 is 18.0 Å². The highest BCUT2D eigenvalue weighted by Gasteiger charge is 2.32. The molecule has 1 unspecified atom stereocenters. The molecule has 158 valence electrons. The van der Waals surface area contributed by atoms with Crippen LogP contribution in [0.5, 0.6) is 17.2 Å². The van der Waals surface area contributed by atoms with Crippen LogP contribution in [0, 0.1) is 0 Å². The van der Waals surface area contributed by atoms with Crippen molar-refractivity contribution in [1.82, 2.24) is 10.6 Å². The number of nitrogens with one attached hydrogen (secondary N) is 2. The lowest BCUT2D eigenvalue weighted by Gasteiger charge is -2.28. The van der Waals surface area contributed by atoms with Gasteiger partial charge >= 0.3 is 12.0 Å². The zero-order valence-electron chi connectivity index (χ0n) is 17.1. The van der Waals surface area contributed by atoms with Gasteiger partial charge in [-0.15, -0.1) is 0 Å². The molecule has 2 aromatic carbocycles. The molecule has 0 aliphatic carbocycles. The van der Waals surface area contributed by atoms with Crippen molar-refractivity contribution >= 4 is 12.0 Å². The molecular formula is C22H24N2O6. The molecule has 0 saturated heterocycles. The van der Waals surface area contributed by atoms with Crippen LogP contribution in [0.1, 0.15) is 18.5 Å². The lowest BCUT2D eigenvalue weighted by atomic mass is 9.95. The molecule has 30 heavy (non-hydrogen) atoms. The fraction of sp³-hybridized carbons (Fsp3) is 0.273. The highest BCUT2D eigenvalue weighted by molar-refractivity contribution is 5.95. The predicted octanol–water partition coefficient (Wildman–Crippen LogP) is 2.95. The van der Waals surface area contributed by atoms with E-state index in [1.165, 1.54) is 14.2 Å². The number of urea groups is 1. The van der Waals surface area contributed by atoms with Gasteiger partial charge in [0.2, 0.25) is 0 Å². The predicted molar refractivity (Wildman–Crippen MR) is 110 cm³/mol. The topological polar surface area (TPSA) is 95.1 Å². The molecule has 2 amide bonds. The Balaban J connectivity index is 1.74. The Labute approximate surface area is 174 Å². The van der Waals surface area contributed by atoms with Crippen LogP contribution in [0.2, 0.25) is 0 Å². The largest absolute Gasteiger partial charge is 0.493 e. The second-order valence-corrected chi connectivity index (χ2v) is 6.48. The maximum Gasteiger partial charge on any atom is 0.338 e. The van der Waals surface area contributed by atoms with Crippen molar-refractivity contribution in [2.75, 3.05) is 27.4 Å². The smallest absolute Gasteiger partial charge is 0.338 e. The lowest BCUT2D eigenvalue weighted by molar-refractivity contribution is -0.140. The Morgan fingerprint density at radius 2 is 1.73 bits per heavy atom. The van der Waals surface area contributed by atoms with Crippen LogP contribution in [0.4, 0.5) is 4.79 Å². The van der Waals surface area contributed by atoms with Gasteiger partial charge in [-0.3, -0.25) is 0 Å². The average molecular weight is 412 g/mol. The van der Waals surface area contributed by atoms with E-state index in [2.05, 4.69) is 10.6 Å². The number of carbonyl (C=O) groups is 2. The molecule has 8 nitrogen and oxygen atoms in total. The van der Waals surface area contributed by atoms with E-state index in [4.69, 9.17) is 18.9 Å². The van der Waals surface area contributed by atoms with Crippen LogP contribution >= 0.6 is 0 Å². The molecule has 1 aliphatic rings. The zero-order valence-corrected chi connectivity index (χ0v) is 17.1. The van der Waals surface area contributed by atoms with E-state index in [0.29, 0.717) is 34.1 Å². The Morgan fingerprint density at radius 1 is 1.00 bits per heavy atom. The molecule has 0 fully saturated rings. The summed E-state index contributed by atoms with van der Waals surface area (Å²) >= 11 is 0. The van der Waals surface area contributed by atoms with E-state index >= 15 is 0 Å². The number of allylic oxidation sites excluding steroid dienone is 1. The number of para-hydroxylation sites is 1. The molecule has 0 radical (unpaired) electrons. The first kappa shape index (κ1) is 21.0. The third-order valence-electron chi connectivity index (χ3n) is 4.56. The summed E-state index contributed by atoms with van der Waals surface area (Å²) in [6.45, 7) is 1.93. The Hall–Kier alpha value is -3.68. The van der Waals surface area contributed by atoms with Crippen molar-refractivity contribution in [3.63, 3.8) is 0 Å². The number of methoxy groups -OCH3 is 2. The SMILES string of the molecule is COc1ccc(C2NC(=O)NC(C)=C2C(=O)OCCOc2ccccc2)cc1OC. The Kier molecular flexibility index (Phi) is 6.79. The molecule has 0 spiro atoms. The molecule has 3 rings (SSSR count). The number of hydrogen-bond acceptors (Lipinski definition) is 6. The second kappa shape index (κ2) is 9.69. The van der Waals surface area contributed by atoms with E-state index in [1.807, 2.05) is 30.3 Å². The second-order valence-electron chi connectivity index (χ2n) is 6.48. The highest BCUT2D eigenvalue weighted by Crippen LogP contribution is 2.34. The summed E-state index contributed by atoms with van der Waals surface area (Å²) in [5, 5.41) is 5.38. The van der Waals surface area contributed by atoms with Gasteiger partial charge in [-0.25, -0.2) is 9.59 Å². The molecule has 0 aromatic heterocycles. The standard InChI is InChI=1S/C22H24N2O6/c1-14-19(21(25)30-12-11-29-16-7-5-4-6-8-16)20(24-22(26)23-14)15-9-10-17(27-2)18(13-15)28-3/h4-10,13,20H,11-12H2,1-3H3,(H2,23,24,26). The molecule has 0 bridgehead atoms. The number of hydrogen-bond donors (Lipinski definition) is 2. The number of esters is 1. The van der Waals surface area contributed by atoms with Crippen LogP contribution in [0.15, 0.2) is 59.8 Å². The van der Waals surface area contributed by atoms with Crippen molar-refractivity contribution < 1.29 is 28.5 Å². The summed E-state index contributed by atoms with van der Waals surface area (Å²) in [4.78, 5) is 24.8. The fourth-order valence-electron chi connectivity index (χ4n) is 3.14. The van der Waals surface area contributed by atoms with E-state index in [0.717, 1.165) is 0 Å². The summed E-state index contributed by atoms with van der Waals surface area (Å²) in [6.07, 6.45) is 0. The number of amides is 2. The van der Waals surface area contributed by atoms with E-state index in [-0.39, 0.29) is 13.2 Å². The lowest BCUT2D eigenvalue weighted by Crippen LogP contribution is -2.45. The van der Waals surface area contributed by atoms with Gasteiger partial charge in [0.15, 0.2) is 11.5 Å². The van der Waals surface area contributed by atoms with Crippen LogP contribution in [0.3, 0.4) is 0 Å². The minimum absolute atomic E-state index is 0.0666. The Morgan fingerprint density at radius 3 is 2.43 bits per heavy atom. The van der Waals surface area contributed by atoms with Gasteiger partial charge in [0, 0.05) is 5.70 Å². The first-order valence-electron chi connectivity index (χ1n) is 9.38. The van der Waals surface area contributed by atoms with Crippen molar-refractivity contribution in [3.05, 3.63) is 65.4 Å². The van der Waals surface area contributed by atoms with Crippen molar-refractivity contribution in [2.24, 2.45) is 0 Å². The number of benzene rings is 2. The average Bonchev–Trinajstić information content (AvgIpc) is 2.76. The summed E-state index contributed by atoms with van der Waals surface area (Å²) in [5.41, 5.74) is 1.39. The number of carbonyl (C=O) groups excluding carboxylic acids is 2. The summed E-state index contributed by atoms with van der Waals surface area (Å²) in [7, 11) is 3.06. The van der Waals surface area contributed by atoms with Crippen molar-refractivity contribution in [2.45, 2.75) is 13.0 Å². The van der Waals surface area contributed by atoms with Crippen LogP contribution < -0.4 is 24.8 Å². The van der Waals surface area contributed by atoms with Crippen LogP contribution in [-0.2, 0) is 9.53 Å². The van der Waals surface area contributed by atoms with Gasteiger partial charge < -0.3 is 29.6 Å². The Bertz CT molecular complexity index is 942. The maximum atomic E-state index is 12.8. The normalized spacial score (nSPS) is 15.7. The molecule has 8 heteroatoms. The number of ether oxygens (including phenoxy) is 4. The quantitative estimate of drug-likeness (QED) is 0.511. The molecule has 1 aliphatic heterocycles. The minimum atomic E-state index is -0.693. The maximum absolute atomic E-state index is 12.8. The first-order valence-corrected chi connectivity index (χ1v) is 9.38. The molecule has 0 saturated carbocycles. The molecule has 1 atom stereocenters. The monoisotopic (exact) mass is 412 g/mol. The summed E-state index contributed by atoms with van der Waals surface area (Å²) in [6, 6.07) is 13.3. The third kappa shape index (κ3) is 4.83. The fourth-order valence-corrected chi connectivity index (χ4v) is 3.14.